The monoisotopic (exact) mass is 274 g/mol. The minimum atomic E-state index is 0.208. The number of rotatable bonds is 7. The van der Waals surface area contributed by atoms with Gasteiger partial charge in [-0.05, 0) is 37.3 Å². The van der Waals surface area contributed by atoms with Gasteiger partial charge in [0.1, 0.15) is 5.15 Å². The summed E-state index contributed by atoms with van der Waals surface area (Å²) in [4.78, 5) is 3.97. The zero-order valence-electron chi connectivity index (χ0n) is 10.2. The molecule has 5 heteroatoms. The molecule has 1 heterocycles. The van der Waals surface area contributed by atoms with Crippen LogP contribution in [-0.2, 0) is 0 Å². The first-order valence-electron chi connectivity index (χ1n) is 5.64. The van der Waals surface area contributed by atoms with Gasteiger partial charge in [-0.1, -0.05) is 11.6 Å². The third-order valence-corrected chi connectivity index (χ3v) is 3.52. The Kier molecular flexibility index (Phi) is 6.89. The highest BCUT2D eigenvalue weighted by Gasteiger charge is 2.12. The molecule has 0 aliphatic rings. The van der Waals surface area contributed by atoms with Crippen molar-refractivity contribution in [3.63, 3.8) is 0 Å². The molecule has 0 spiro atoms. The summed E-state index contributed by atoms with van der Waals surface area (Å²) in [6.07, 6.45) is 4.55. The molecule has 0 aromatic carbocycles. The molecule has 17 heavy (non-hydrogen) atoms. The van der Waals surface area contributed by atoms with Crippen molar-refractivity contribution in [2.24, 2.45) is 0 Å². The Labute approximate surface area is 112 Å². The van der Waals surface area contributed by atoms with Crippen molar-refractivity contribution < 1.29 is 5.11 Å². The Morgan fingerprint density at radius 3 is 2.94 bits per heavy atom. The highest BCUT2D eigenvalue weighted by atomic mass is 35.5. The van der Waals surface area contributed by atoms with Crippen LogP contribution in [0.3, 0.4) is 0 Å². The van der Waals surface area contributed by atoms with E-state index in [1.807, 2.05) is 12.1 Å². The molecule has 1 rings (SSSR count). The van der Waals surface area contributed by atoms with Gasteiger partial charge in [-0.25, -0.2) is 4.98 Å². The molecule has 0 radical (unpaired) electrons. The number of nitrogens with one attached hydrogen (secondary N) is 1. The Bertz CT molecular complexity index is 332. The van der Waals surface area contributed by atoms with E-state index < -0.39 is 0 Å². The van der Waals surface area contributed by atoms with Gasteiger partial charge < -0.3 is 10.4 Å². The summed E-state index contributed by atoms with van der Waals surface area (Å²) in [5.41, 5.74) is 1.12. The topological polar surface area (TPSA) is 45.1 Å². The first-order chi connectivity index (χ1) is 8.17. The van der Waals surface area contributed by atoms with E-state index in [0.29, 0.717) is 11.2 Å². The smallest absolute Gasteiger partial charge is 0.129 e. The van der Waals surface area contributed by atoms with E-state index in [4.69, 9.17) is 16.7 Å². The number of nitrogens with zero attached hydrogens (tertiary/aromatic N) is 1. The Morgan fingerprint density at radius 2 is 2.35 bits per heavy atom. The summed E-state index contributed by atoms with van der Waals surface area (Å²) in [5, 5.41) is 13.0. The molecule has 0 amide bonds. The van der Waals surface area contributed by atoms with Crippen LogP contribution in [0.1, 0.15) is 24.9 Å². The molecule has 1 aromatic heterocycles. The standard InChI is InChI=1S/C12H19ClN2OS/c1-9(10-3-5-14-12(13)7-10)15-11(4-6-16)8-17-2/h3,5,7,9,11,15-16H,4,6,8H2,1-2H3. The van der Waals surface area contributed by atoms with Gasteiger partial charge in [0.25, 0.3) is 0 Å². The Balaban J connectivity index is 2.59. The third-order valence-electron chi connectivity index (χ3n) is 2.58. The predicted octanol–water partition coefficient (Wildman–Crippen LogP) is 2.50. The lowest BCUT2D eigenvalue weighted by atomic mass is 10.1. The maximum absolute atomic E-state index is 9.01. The summed E-state index contributed by atoms with van der Waals surface area (Å²) in [6.45, 7) is 2.30. The number of hydrogen-bond acceptors (Lipinski definition) is 4. The van der Waals surface area contributed by atoms with Crippen LogP contribution < -0.4 is 5.32 Å². The number of pyridine rings is 1. The second-order valence-corrected chi connectivity index (χ2v) is 5.26. The number of aromatic nitrogens is 1. The maximum Gasteiger partial charge on any atom is 0.129 e. The van der Waals surface area contributed by atoms with E-state index in [0.717, 1.165) is 17.7 Å². The lowest BCUT2D eigenvalue weighted by Gasteiger charge is -2.22. The maximum atomic E-state index is 9.01. The van der Waals surface area contributed by atoms with E-state index in [-0.39, 0.29) is 12.6 Å². The van der Waals surface area contributed by atoms with Crippen LogP contribution in [0.15, 0.2) is 18.3 Å². The average Bonchev–Trinajstić information content (AvgIpc) is 2.29. The van der Waals surface area contributed by atoms with Crippen LogP contribution in [0.5, 0.6) is 0 Å². The number of thioether (sulfide) groups is 1. The number of aliphatic hydroxyl groups excluding tert-OH is 1. The molecule has 0 aliphatic heterocycles. The molecule has 1 aromatic rings. The molecule has 3 nitrogen and oxygen atoms in total. The van der Waals surface area contributed by atoms with E-state index in [2.05, 4.69) is 23.5 Å². The van der Waals surface area contributed by atoms with E-state index in [1.54, 1.807) is 18.0 Å². The molecule has 0 fully saturated rings. The summed E-state index contributed by atoms with van der Waals surface area (Å²) >= 11 is 7.64. The Morgan fingerprint density at radius 1 is 1.59 bits per heavy atom. The molecule has 0 aliphatic carbocycles. The zero-order valence-corrected chi connectivity index (χ0v) is 11.8. The minimum Gasteiger partial charge on any atom is -0.396 e. The lowest BCUT2D eigenvalue weighted by Crippen LogP contribution is -2.34. The van der Waals surface area contributed by atoms with Crippen molar-refractivity contribution in [3.05, 3.63) is 29.0 Å². The van der Waals surface area contributed by atoms with Gasteiger partial charge in [-0.2, -0.15) is 11.8 Å². The fourth-order valence-corrected chi connectivity index (χ4v) is 2.56. The number of hydrogen-bond donors (Lipinski definition) is 2. The summed E-state index contributed by atoms with van der Waals surface area (Å²) in [7, 11) is 0. The predicted molar refractivity (Wildman–Crippen MR) is 74.7 cm³/mol. The third kappa shape index (κ3) is 5.25. The molecule has 0 saturated heterocycles. The van der Waals surface area contributed by atoms with Crippen molar-refractivity contribution in [2.45, 2.75) is 25.4 Å². The highest BCUT2D eigenvalue weighted by Crippen LogP contribution is 2.17. The molecule has 2 atom stereocenters. The second kappa shape index (κ2) is 7.93. The summed E-state index contributed by atoms with van der Waals surface area (Å²) in [5.74, 6) is 0.990. The largest absolute Gasteiger partial charge is 0.396 e. The van der Waals surface area contributed by atoms with Gasteiger partial charge in [0.05, 0.1) is 0 Å². The van der Waals surface area contributed by atoms with Gasteiger partial charge in [0, 0.05) is 30.6 Å². The molecule has 0 bridgehead atoms. The van der Waals surface area contributed by atoms with Crippen molar-refractivity contribution in [2.75, 3.05) is 18.6 Å². The van der Waals surface area contributed by atoms with Gasteiger partial charge in [0.2, 0.25) is 0 Å². The van der Waals surface area contributed by atoms with E-state index in [1.165, 1.54) is 0 Å². The van der Waals surface area contributed by atoms with Crippen LogP contribution in [0, 0.1) is 0 Å². The van der Waals surface area contributed by atoms with Crippen molar-refractivity contribution in [1.29, 1.82) is 0 Å². The normalized spacial score (nSPS) is 14.6. The first kappa shape index (κ1) is 14.8. The molecular weight excluding hydrogens is 256 g/mol. The van der Waals surface area contributed by atoms with Crippen LogP contribution in [0.25, 0.3) is 0 Å². The lowest BCUT2D eigenvalue weighted by molar-refractivity contribution is 0.265. The van der Waals surface area contributed by atoms with Gasteiger partial charge in [0.15, 0.2) is 0 Å². The Hall–Kier alpha value is -0.290. The van der Waals surface area contributed by atoms with Crippen molar-refractivity contribution in [3.8, 4) is 0 Å². The molecular formula is C12H19ClN2OS. The fraction of sp³-hybridized carbons (Fsp3) is 0.583. The van der Waals surface area contributed by atoms with Gasteiger partial charge in [-0.15, -0.1) is 0 Å². The van der Waals surface area contributed by atoms with E-state index >= 15 is 0 Å². The van der Waals surface area contributed by atoms with Gasteiger partial charge >= 0.3 is 0 Å². The van der Waals surface area contributed by atoms with Crippen molar-refractivity contribution in [1.82, 2.24) is 10.3 Å². The molecule has 2 N–H and O–H groups in total. The van der Waals surface area contributed by atoms with Crippen LogP contribution in [0.2, 0.25) is 5.15 Å². The minimum absolute atomic E-state index is 0.208. The van der Waals surface area contributed by atoms with Crippen LogP contribution >= 0.6 is 23.4 Å². The highest BCUT2D eigenvalue weighted by molar-refractivity contribution is 7.98. The number of aliphatic hydroxyl groups is 1. The fourth-order valence-electron chi connectivity index (χ4n) is 1.71. The molecule has 2 unspecified atom stereocenters. The van der Waals surface area contributed by atoms with Gasteiger partial charge in [-0.3, -0.25) is 0 Å². The zero-order chi connectivity index (χ0) is 12.7. The first-order valence-corrected chi connectivity index (χ1v) is 7.41. The average molecular weight is 275 g/mol. The van der Waals surface area contributed by atoms with Crippen molar-refractivity contribution >= 4 is 23.4 Å². The summed E-state index contributed by atoms with van der Waals surface area (Å²) in [6, 6.07) is 4.35. The SMILES string of the molecule is CSCC(CCO)NC(C)c1ccnc(Cl)c1. The van der Waals surface area contributed by atoms with E-state index in [9.17, 15) is 0 Å². The second-order valence-electron chi connectivity index (χ2n) is 3.96. The number of halogens is 1. The quantitative estimate of drug-likeness (QED) is 0.750. The molecule has 96 valence electrons. The van der Waals surface area contributed by atoms with Crippen LogP contribution in [-0.4, -0.2) is 34.7 Å². The molecule has 0 saturated carbocycles. The van der Waals surface area contributed by atoms with Crippen LogP contribution in [0.4, 0.5) is 0 Å². The summed E-state index contributed by atoms with van der Waals surface area (Å²) < 4.78 is 0.